The van der Waals surface area contributed by atoms with Gasteiger partial charge in [-0.2, -0.15) is 0 Å². The van der Waals surface area contributed by atoms with E-state index >= 15 is 0 Å². The molecule has 0 radical (unpaired) electrons. The topological polar surface area (TPSA) is 84.9 Å². The number of alkyl carbamates (subject to hydrolysis) is 1. The van der Waals surface area contributed by atoms with Crippen molar-refractivity contribution in [3.63, 3.8) is 0 Å². The Hall–Kier alpha value is -3.02. The Morgan fingerprint density at radius 1 is 1.08 bits per heavy atom. The summed E-state index contributed by atoms with van der Waals surface area (Å²) in [5, 5.41) is 12.0. The van der Waals surface area contributed by atoms with Crippen LogP contribution in [-0.2, 0) is 20.9 Å². The molecule has 2 rings (SSSR count). The highest BCUT2D eigenvalue weighted by Crippen LogP contribution is 2.20. The first kappa shape index (κ1) is 17.3. The van der Waals surface area contributed by atoms with Gasteiger partial charge in [0.05, 0.1) is 6.61 Å². The van der Waals surface area contributed by atoms with Crippen molar-refractivity contribution in [3.8, 4) is 5.75 Å². The molecule has 0 saturated heterocycles. The Labute approximate surface area is 140 Å². The maximum atomic E-state index is 12.1. The van der Waals surface area contributed by atoms with E-state index < -0.39 is 18.1 Å². The summed E-state index contributed by atoms with van der Waals surface area (Å²) in [5.74, 6) is -0.638. The summed E-state index contributed by atoms with van der Waals surface area (Å²) in [6.07, 6.45) is -0.750. The quantitative estimate of drug-likeness (QED) is 0.796. The van der Waals surface area contributed by atoms with Gasteiger partial charge in [-0.15, -0.1) is 0 Å². The van der Waals surface area contributed by atoms with Crippen LogP contribution in [0.4, 0.5) is 4.79 Å². The number of nitrogens with one attached hydrogen (secondary N) is 1. The lowest BCUT2D eigenvalue weighted by Crippen LogP contribution is -2.35. The van der Waals surface area contributed by atoms with Crippen LogP contribution in [0.25, 0.3) is 0 Å². The lowest BCUT2D eigenvalue weighted by atomic mass is 10.1. The molecular weight excluding hydrogens is 310 g/mol. The third-order valence-corrected chi connectivity index (χ3v) is 3.20. The second kappa shape index (κ2) is 8.57. The lowest BCUT2D eigenvalue weighted by Gasteiger charge is -2.17. The molecule has 0 fully saturated rings. The summed E-state index contributed by atoms with van der Waals surface area (Å²) in [6, 6.07) is 14.2. The molecule has 0 aromatic heterocycles. The highest BCUT2D eigenvalue weighted by Gasteiger charge is 2.25. The molecule has 0 aliphatic heterocycles. The van der Waals surface area contributed by atoms with E-state index in [-0.39, 0.29) is 19.0 Å². The van der Waals surface area contributed by atoms with Gasteiger partial charge >= 0.3 is 12.1 Å². The molecule has 2 N–H and O–H groups in total. The summed E-state index contributed by atoms with van der Waals surface area (Å²) >= 11 is 0. The normalized spacial score (nSPS) is 11.4. The highest BCUT2D eigenvalue weighted by atomic mass is 16.6. The zero-order chi connectivity index (χ0) is 17.4. The van der Waals surface area contributed by atoms with Gasteiger partial charge in [0.1, 0.15) is 12.4 Å². The van der Waals surface area contributed by atoms with Crippen molar-refractivity contribution in [2.45, 2.75) is 19.6 Å². The predicted octanol–water partition coefficient (Wildman–Crippen LogP) is 2.92. The van der Waals surface area contributed by atoms with Crippen LogP contribution < -0.4 is 5.32 Å². The summed E-state index contributed by atoms with van der Waals surface area (Å²) < 4.78 is 10.1. The molecule has 0 bridgehead atoms. The fourth-order valence-corrected chi connectivity index (χ4v) is 2.09. The van der Waals surface area contributed by atoms with Gasteiger partial charge in [0.25, 0.3) is 0 Å². The van der Waals surface area contributed by atoms with Crippen LogP contribution in [0.1, 0.15) is 24.1 Å². The second-order valence-electron chi connectivity index (χ2n) is 4.99. The van der Waals surface area contributed by atoms with Gasteiger partial charge < -0.3 is 19.9 Å². The molecule has 1 amide bonds. The van der Waals surface area contributed by atoms with Gasteiger partial charge in [-0.1, -0.05) is 42.5 Å². The van der Waals surface area contributed by atoms with Crippen molar-refractivity contribution >= 4 is 12.1 Å². The number of benzene rings is 2. The number of phenolic OH excluding ortho intramolecular Hbond substituents is 1. The van der Waals surface area contributed by atoms with E-state index in [9.17, 15) is 14.7 Å². The van der Waals surface area contributed by atoms with E-state index in [1.165, 1.54) is 12.1 Å². The van der Waals surface area contributed by atoms with Crippen molar-refractivity contribution in [2.75, 3.05) is 6.61 Å². The van der Waals surface area contributed by atoms with Gasteiger partial charge in [-0.25, -0.2) is 9.59 Å². The molecule has 2 aromatic rings. The number of aromatic hydroxyl groups is 1. The summed E-state index contributed by atoms with van der Waals surface area (Å²) in [7, 11) is 0. The third-order valence-electron chi connectivity index (χ3n) is 3.20. The molecule has 24 heavy (non-hydrogen) atoms. The molecule has 0 aliphatic carbocycles. The molecule has 126 valence electrons. The Balaban J connectivity index is 2.04. The maximum Gasteiger partial charge on any atom is 0.408 e. The summed E-state index contributed by atoms with van der Waals surface area (Å²) in [6.45, 7) is 1.93. The first-order chi connectivity index (χ1) is 11.6. The molecule has 0 saturated carbocycles. The van der Waals surface area contributed by atoms with E-state index in [0.717, 1.165) is 5.56 Å². The number of carbonyl (C=O) groups excluding carboxylic acids is 2. The van der Waals surface area contributed by atoms with Crippen LogP contribution in [0.3, 0.4) is 0 Å². The fourth-order valence-electron chi connectivity index (χ4n) is 2.09. The number of hydrogen-bond donors (Lipinski definition) is 2. The zero-order valence-corrected chi connectivity index (χ0v) is 13.3. The Morgan fingerprint density at radius 2 is 1.83 bits per heavy atom. The first-order valence-corrected chi connectivity index (χ1v) is 7.53. The number of ether oxygens (including phenoxy) is 2. The van der Waals surface area contributed by atoms with Crippen LogP contribution in [0, 0.1) is 0 Å². The van der Waals surface area contributed by atoms with Crippen LogP contribution in [0.2, 0.25) is 0 Å². The molecular formula is C18H19NO5. The molecule has 0 aliphatic rings. The SMILES string of the molecule is CCOC(=O)C(NC(=O)OCc1ccccc1)c1cccc(O)c1. The highest BCUT2D eigenvalue weighted by molar-refractivity contribution is 5.82. The van der Waals surface area contributed by atoms with E-state index in [0.29, 0.717) is 5.56 Å². The van der Waals surface area contributed by atoms with Gasteiger partial charge in [-0.05, 0) is 30.2 Å². The van der Waals surface area contributed by atoms with Crippen LogP contribution in [-0.4, -0.2) is 23.8 Å². The monoisotopic (exact) mass is 329 g/mol. The van der Waals surface area contributed by atoms with Gasteiger partial charge in [-0.3, -0.25) is 0 Å². The van der Waals surface area contributed by atoms with Crippen LogP contribution in [0.15, 0.2) is 54.6 Å². The maximum absolute atomic E-state index is 12.1. The number of esters is 1. The smallest absolute Gasteiger partial charge is 0.408 e. The minimum atomic E-state index is -1.06. The largest absolute Gasteiger partial charge is 0.508 e. The number of hydrogen-bond acceptors (Lipinski definition) is 5. The van der Waals surface area contributed by atoms with Crippen molar-refractivity contribution in [1.82, 2.24) is 5.32 Å². The minimum Gasteiger partial charge on any atom is -0.508 e. The number of rotatable bonds is 6. The first-order valence-electron chi connectivity index (χ1n) is 7.53. The van der Waals surface area contributed by atoms with E-state index in [2.05, 4.69) is 5.32 Å². The molecule has 1 atom stereocenters. The van der Waals surface area contributed by atoms with Gasteiger partial charge in [0, 0.05) is 0 Å². The average molecular weight is 329 g/mol. The lowest BCUT2D eigenvalue weighted by molar-refractivity contribution is -0.145. The van der Waals surface area contributed by atoms with Gasteiger partial charge in [0.15, 0.2) is 6.04 Å². The van der Waals surface area contributed by atoms with E-state index in [4.69, 9.17) is 9.47 Å². The predicted molar refractivity (Wildman–Crippen MR) is 87.2 cm³/mol. The number of carbonyl (C=O) groups is 2. The van der Waals surface area contributed by atoms with E-state index in [1.54, 1.807) is 19.1 Å². The molecule has 6 heteroatoms. The van der Waals surface area contributed by atoms with Crippen LogP contribution in [0.5, 0.6) is 5.75 Å². The average Bonchev–Trinajstić information content (AvgIpc) is 2.59. The minimum absolute atomic E-state index is 0.0127. The van der Waals surface area contributed by atoms with Crippen molar-refractivity contribution in [3.05, 3.63) is 65.7 Å². The molecule has 0 heterocycles. The Morgan fingerprint density at radius 3 is 2.50 bits per heavy atom. The molecule has 2 aromatic carbocycles. The summed E-state index contributed by atoms with van der Waals surface area (Å²) in [5.41, 5.74) is 1.24. The standard InChI is InChI=1S/C18H19NO5/c1-2-23-17(21)16(14-9-6-10-15(20)11-14)19-18(22)24-12-13-7-4-3-5-8-13/h3-11,16,20H,2,12H2,1H3,(H,19,22). The Kier molecular flexibility index (Phi) is 6.19. The molecule has 1 unspecified atom stereocenters. The van der Waals surface area contributed by atoms with Crippen LogP contribution >= 0.6 is 0 Å². The molecule has 6 nitrogen and oxygen atoms in total. The van der Waals surface area contributed by atoms with Crippen molar-refractivity contribution in [1.29, 1.82) is 0 Å². The molecule has 0 spiro atoms. The van der Waals surface area contributed by atoms with E-state index in [1.807, 2.05) is 30.3 Å². The Bertz CT molecular complexity index is 687. The number of phenols is 1. The van der Waals surface area contributed by atoms with Crippen molar-refractivity contribution in [2.24, 2.45) is 0 Å². The fraction of sp³-hybridized carbons (Fsp3) is 0.222. The van der Waals surface area contributed by atoms with Crippen molar-refractivity contribution < 1.29 is 24.2 Å². The second-order valence-corrected chi connectivity index (χ2v) is 4.99. The van der Waals surface area contributed by atoms with Gasteiger partial charge in [0.2, 0.25) is 0 Å². The number of amides is 1. The summed E-state index contributed by atoms with van der Waals surface area (Å²) in [4.78, 5) is 24.1. The third kappa shape index (κ3) is 5.01. The zero-order valence-electron chi connectivity index (χ0n) is 13.3.